The highest BCUT2D eigenvalue weighted by molar-refractivity contribution is 7.85. The molecule has 9 heteroatoms. The van der Waals surface area contributed by atoms with Crippen molar-refractivity contribution in [3.8, 4) is 0 Å². The van der Waals surface area contributed by atoms with E-state index in [4.69, 9.17) is 10.5 Å². The molecule has 20 heavy (non-hydrogen) atoms. The van der Waals surface area contributed by atoms with Crippen LogP contribution in [0.2, 0.25) is 0 Å². The summed E-state index contributed by atoms with van der Waals surface area (Å²) in [5, 5.41) is 9.12. The Morgan fingerprint density at radius 3 is 3.00 bits per heavy atom. The number of nitrogens with zero attached hydrogens (tertiary/aromatic N) is 4. The molecule has 0 saturated carbocycles. The third-order valence-electron chi connectivity index (χ3n) is 3.48. The lowest BCUT2D eigenvalue weighted by Crippen LogP contribution is -2.28. The van der Waals surface area contributed by atoms with Gasteiger partial charge in [0.1, 0.15) is 18.1 Å². The van der Waals surface area contributed by atoms with Crippen LogP contribution < -0.4 is 5.73 Å². The monoisotopic (exact) mass is 297 g/mol. The second kappa shape index (κ2) is 5.08. The van der Waals surface area contributed by atoms with Crippen molar-refractivity contribution < 1.29 is 14.1 Å². The van der Waals surface area contributed by atoms with Crippen molar-refractivity contribution in [1.82, 2.24) is 19.5 Å². The number of anilines is 1. The van der Waals surface area contributed by atoms with E-state index in [2.05, 4.69) is 15.0 Å². The fourth-order valence-corrected chi connectivity index (χ4v) is 3.48. The average Bonchev–Trinajstić information content (AvgIpc) is 3.02. The molecule has 3 heterocycles. The van der Waals surface area contributed by atoms with Gasteiger partial charge in [-0.2, -0.15) is 0 Å². The molecule has 0 aromatic carbocycles. The number of aliphatic hydroxyl groups is 1. The van der Waals surface area contributed by atoms with Crippen LogP contribution in [0.15, 0.2) is 12.7 Å². The van der Waals surface area contributed by atoms with Crippen LogP contribution in [-0.4, -0.2) is 53.1 Å². The Balaban J connectivity index is 1.97. The van der Waals surface area contributed by atoms with Crippen LogP contribution in [0.5, 0.6) is 0 Å². The molecule has 4 atom stereocenters. The normalized spacial score (nSPS) is 28.0. The van der Waals surface area contributed by atoms with Crippen LogP contribution in [0, 0.1) is 0 Å². The number of hydrogen-bond donors (Lipinski definition) is 2. The highest BCUT2D eigenvalue weighted by Crippen LogP contribution is 2.33. The van der Waals surface area contributed by atoms with E-state index in [-0.39, 0.29) is 18.1 Å². The Bertz CT molecular complexity index is 661. The molecule has 2 aromatic heterocycles. The summed E-state index contributed by atoms with van der Waals surface area (Å²) in [5.74, 6) is 0.307. The van der Waals surface area contributed by atoms with Crippen molar-refractivity contribution in [2.24, 2.45) is 0 Å². The molecule has 0 radical (unpaired) electrons. The molecular weight excluding hydrogens is 282 g/mol. The number of imidazole rings is 1. The number of rotatable bonds is 3. The molecule has 3 rings (SSSR count). The number of nitrogens with two attached hydrogens (primary N) is 1. The maximum absolute atomic E-state index is 11.7. The molecule has 1 saturated heterocycles. The molecule has 2 aromatic rings. The molecule has 1 unspecified atom stereocenters. The summed E-state index contributed by atoms with van der Waals surface area (Å²) < 4.78 is 19.2. The highest BCUT2D eigenvalue weighted by Gasteiger charge is 2.38. The van der Waals surface area contributed by atoms with E-state index >= 15 is 0 Å². The van der Waals surface area contributed by atoms with E-state index in [1.165, 1.54) is 6.33 Å². The number of aliphatic hydroxyl groups excluding tert-OH is 1. The quantitative estimate of drug-likeness (QED) is 0.779. The number of nitrogen functional groups attached to an aromatic ring is 1. The Morgan fingerprint density at radius 2 is 2.35 bits per heavy atom. The van der Waals surface area contributed by atoms with Gasteiger partial charge in [-0.15, -0.1) is 0 Å². The zero-order valence-electron chi connectivity index (χ0n) is 10.8. The highest BCUT2D eigenvalue weighted by atomic mass is 32.2. The summed E-state index contributed by atoms with van der Waals surface area (Å²) >= 11 is 0. The molecule has 1 fully saturated rings. The maximum Gasteiger partial charge on any atom is 0.167 e. The van der Waals surface area contributed by atoms with Gasteiger partial charge in [-0.3, -0.25) is 8.78 Å². The Kier molecular flexibility index (Phi) is 3.40. The Labute approximate surface area is 117 Å². The van der Waals surface area contributed by atoms with E-state index in [1.54, 1.807) is 17.2 Å². The van der Waals surface area contributed by atoms with Gasteiger partial charge in [0.05, 0.1) is 24.3 Å². The first-order valence-electron chi connectivity index (χ1n) is 6.13. The lowest BCUT2D eigenvalue weighted by Gasteiger charge is -2.14. The summed E-state index contributed by atoms with van der Waals surface area (Å²) in [6, 6.07) is 0. The van der Waals surface area contributed by atoms with E-state index in [1.807, 2.05) is 0 Å². The standard InChI is InChI=1S/C11H15N5O3S/c1-20(18)7-2-8(19-6(7)3-17)16-5-15-9-10(12)13-4-14-11(9)16/h4-8,17H,2-3H2,1H3,(H2,12,13,14)/t6-,7+,8-,20?/m1/s1. The first-order valence-corrected chi connectivity index (χ1v) is 7.75. The Hall–Kier alpha value is -1.58. The molecule has 0 bridgehead atoms. The van der Waals surface area contributed by atoms with Crippen molar-refractivity contribution in [1.29, 1.82) is 0 Å². The molecular formula is C11H15N5O3S. The largest absolute Gasteiger partial charge is 0.394 e. The summed E-state index contributed by atoms with van der Waals surface area (Å²) in [7, 11) is -1.07. The van der Waals surface area contributed by atoms with Gasteiger partial charge < -0.3 is 15.6 Å². The van der Waals surface area contributed by atoms with Gasteiger partial charge in [0.15, 0.2) is 11.5 Å². The number of aromatic nitrogens is 4. The molecule has 0 amide bonds. The van der Waals surface area contributed by atoms with Crippen LogP contribution in [0.25, 0.3) is 11.2 Å². The van der Waals surface area contributed by atoms with Gasteiger partial charge in [0, 0.05) is 23.5 Å². The SMILES string of the molecule is CS(=O)[C@H]1C[C@H](n2cnc3c(N)ncnc32)O[C@@H]1CO. The van der Waals surface area contributed by atoms with Gasteiger partial charge in [-0.25, -0.2) is 15.0 Å². The van der Waals surface area contributed by atoms with Crippen LogP contribution >= 0.6 is 0 Å². The second-order valence-electron chi connectivity index (χ2n) is 4.67. The molecule has 1 aliphatic heterocycles. The maximum atomic E-state index is 11.7. The third-order valence-corrected chi connectivity index (χ3v) is 4.83. The predicted molar refractivity (Wildman–Crippen MR) is 73.2 cm³/mol. The molecule has 0 spiro atoms. The zero-order valence-corrected chi connectivity index (χ0v) is 11.7. The van der Waals surface area contributed by atoms with Gasteiger partial charge >= 0.3 is 0 Å². The first kappa shape index (κ1) is 13.4. The van der Waals surface area contributed by atoms with Crippen LogP contribution in [0.1, 0.15) is 12.6 Å². The minimum atomic E-state index is -1.07. The predicted octanol–water partition coefficient (Wildman–Crippen LogP) is -0.565. The minimum absolute atomic E-state index is 0.162. The smallest absolute Gasteiger partial charge is 0.167 e. The van der Waals surface area contributed by atoms with Crippen LogP contribution in [0.3, 0.4) is 0 Å². The number of fused-ring (bicyclic) bond motifs is 1. The summed E-state index contributed by atoms with van der Waals surface area (Å²) in [4.78, 5) is 12.2. The van der Waals surface area contributed by atoms with E-state index in [0.29, 0.717) is 23.4 Å². The van der Waals surface area contributed by atoms with E-state index in [9.17, 15) is 9.32 Å². The van der Waals surface area contributed by atoms with E-state index in [0.717, 1.165) is 0 Å². The summed E-state index contributed by atoms with van der Waals surface area (Å²) in [6.45, 7) is -0.162. The fraction of sp³-hybridized carbons (Fsp3) is 0.545. The van der Waals surface area contributed by atoms with Crippen LogP contribution in [0.4, 0.5) is 5.82 Å². The van der Waals surface area contributed by atoms with Crippen molar-refractivity contribution in [2.75, 3.05) is 18.6 Å². The molecule has 3 N–H and O–H groups in total. The van der Waals surface area contributed by atoms with Gasteiger partial charge in [-0.05, 0) is 0 Å². The van der Waals surface area contributed by atoms with Gasteiger partial charge in [-0.1, -0.05) is 0 Å². The van der Waals surface area contributed by atoms with Crippen molar-refractivity contribution in [2.45, 2.75) is 24.0 Å². The number of hydrogen-bond acceptors (Lipinski definition) is 7. The summed E-state index contributed by atoms with van der Waals surface area (Å²) in [5.41, 5.74) is 6.82. The zero-order chi connectivity index (χ0) is 14.3. The molecule has 108 valence electrons. The average molecular weight is 297 g/mol. The van der Waals surface area contributed by atoms with Crippen molar-refractivity contribution >= 4 is 27.8 Å². The first-order chi connectivity index (χ1) is 9.61. The number of ether oxygens (including phenoxy) is 1. The molecule has 0 aliphatic carbocycles. The Morgan fingerprint density at radius 1 is 1.55 bits per heavy atom. The summed E-state index contributed by atoms with van der Waals surface area (Å²) in [6.07, 6.45) is 4.29. The third kappa shape index (κ3) is 2.07. The lowest BCUT2D eigenvalue weighted by atomic mass is 10.2. The van der Waals surface area contributed by atoms with Crippen LogP contribution in [-0.2, 0) is 15.5 Å². The van der Waals surface area contributed by atoms with Gasteiger partial charge in [0.2, 0.25) is 0 Å². The fourth-order valence-electron chi connectivity index (χ4n) is 2.47. The molecule has 1 aliphatic rings. The van der Waals surface area contributed by atoms with Crippen molar-refractivity contribution in [3.63, 3.8) is 0 Å². The topological polar surface area (TPSA) is 116 Å². The molecule has 8 nitrogen and oxygen atoms in total. The second-order valence-corrected chi connectivity index (χ2v) is 6.27. The lowest BCUT2D eigenvalue weighted by molar-refractivity contribution is -0.0199. The van der Waals surface area contributed by atoms with Gasteiger partial charge in [0.25, 0.3) is 0 Å². The van der Waals surface area contributed by atoms with E-state index < -0.39 is 16.9 Å². The minimum Gasteiger partial charge on any atom is -0.394 e. The van der Waals surface area contributed by atoms with Crippen molar-refractivity contribution in [3.05, 3.63) is 12.7 Å².